The van der Waals surface area contributed by atoms with Crippen molar-refractivity contribution in [3.8, 4) is 0 Å². The zero-order valence-electron chi connectivity index (χ0n) is 18.7. The van der Waals surface area contributed by atoms with Gasteiger partial charge in [0.1, 0.15) is 5.82 Å². The third-order valence-electron chi connectivity index (χ3n) is 5.47. The number of aromatic nitrogens is 1. The molecule has 0 radical (unpaired) electrons. The summed E-state index contributed by atoms with van der Waals surface area (Å²) in [6.07, 6.45) is 6.84. The van der Waals surface area contributed by atoms with Gasteiger partial charge in [0.2, 0.25) is 5.91 Å². The minimum atomic E-state index is -0.299. The van der Waals surface area contributed by atoms with E-state index in [4.69, 9.17) is 0 Å². The molecule has 1 aromatic carbocycles. The first-order valence-electron chi connectivity index (χ1n) is 11.1. The zero-order chi connectivity index (χ0) is 22.2. The topological polar surface area (TPSA) is 86.4 Å². The Balaban J connectivity index is 1.53. The first-order valence-corrected chi connectivity index (χ1v) is 11.1. The molecule has 7 heteroatoms. The normalized spacial score (nSPS) is 14.1. The number of nitrogens with one attached hydrogen (secondary N) is 3. The standard InChI is InChI=1S/C24H33N5O2/c1-17(2)23(30)27-20-10-8-18(3)21(14-20)28-24(31)26-16-19-9-11-22(25-15-19)29-12-6-4-5-7-13-29/h8-11,14-15,17H,4-7,12-13,16H2,1-3H3,(H,27,30)(H2,26,28,31). The summed E-state index contributed by atoms with van der Waals surface area (Å²) in [6, 6.07) is 9.22. The number of benzene rings is 1. The third-order valence-corrected chi connectivity index (χ3v) is 5.47. The van der Waals surface area contributed by atoms with Gasteiger partial charge in [-0.1, -0.05) is 38.8 Å². The van der Waals surface area contributed by atoms with Crippen molar-refractivity contribution in [3.63, 3.8) is 0 Å². The molecule has 1 aliphatic heterocycles. The Kier molecular flexibility index (Phi) is 7.87. The number of carbonyl (C=O) groups excluding carboxylic acids is 2. The molecule has 0 unspecified atom stereocenters. The molecule has 2 heterocycles. The number of amides is 3. The lowest BCUT2D eigenvalue weighted by molar-refractivity contribution is -0.118. The molecule has 0 saturated carbocycles. The third kappa shape index (κ3) is 6.70. The van der Waals surface area contributed by atoms with E-state index in [0.717, 1.165) is 30.0 Å². The Bertz CT molecular complexity index is 887. The van der Waals surface area contributed by atoms with Crippen molar-refractivity contribution in [2.75, 3.05) is 28.6 Å². The number of rotatable bonds is 6. The Morgan fingerprint density at radius 3 is 2.42 bits per heavy atom. The summed E-state index contributed by atoms with van der Waals surface area (Å²) >= 11 is 0. The zero-order valence-corrected chi connectivity index (χ0v) is 18.7. The molecule has 3 amide bonds. The lowest BCUT2D eigenvalue weighted by atomic mass is 10.1. The maximum absolute atomic E-state index is 12.4. The van der Waals surface area contributed by atoms with E-state index in [1.807, 2.05) is 51.2 Å². The summed E-state index contributed by atoms with van der Waals surface area (Å²) in [5, 5.41) is 8.59. The molecular weight excluding hydrogens is 390 g/mol. The molecule has 0 spiro atoms. The summed E-state index contributed by atoms with van der Waals surface area (Å²) in [5.74, 6) is 0.835. The molecule has 1 saturated heterocycles. The van der Waals surface area contributed by atoms with Crippen LogP contribution in [-0.2, 0) is 11.3 Å². The van der Waals surface area contributed by atoms with E-state index in [9.17, 15) is 9.59 Å². The maximum atomic E-state index is 12.4. The van der Waals surface area contributed by atoms with Crippen LogP contribution >= 0.6 is 0 Å². The minimum Gasteiger partial charge on any atom is -0.357 e. The van der Waals surface area contributed by atoms with Gasteiger partial charge in [-0.2, -0.15) is 0 Å². The van der Waals surface area contributed by atoms with Crippen LogP contribution in [-0.4, -0.2) is 30.0 Å². The van der Waals surface area contributed by atoms with Gasteiger partial charge in [-0.3, -0.25) is 4.79 Å². The molecule has 2 aromatic rings. The van der Waals surface area contributed by atoms with Gasteiger partial charge in [0.15, 0.2) is 0 Å². The molecule has 166 valence electrons. The highest BCUT2D eigenvalue weighted by Gasteiger charge is 2.12. The van der Waals surface area contributed by atoms with Gasteiger partial charge < -0.3 is 20.9 Å². The molecule has 0 atom stereocenters. The highest BCUT2D eigenvalue weighted by atomic mass is 16.2. The van der Waals surface area contributed by atoms with Crippen LogP contribution < -0.4 is 20.9 Å². The summed E-state index contributed by atoms with van der Waals surface area (Å²) in [5.41, 5.74) is 3.19. The van der Waals surface area contributed by atoms with Gasteiger partial charge in [-0.25, -0.2) is 9.78 Å². The Morgan fingerprint density at radius 1 is 1.03 bits per heavy atom. The lowest BCUT2D eigenvalue weighted by Gasteiger charge is -2.21. The molecule has 3 rings (SSSR count). The van der Waals surface area contributed by atoms with Crippen molar-refractivity contribution in [1.29, 1.82) is 0 Å². The lowest BCUT2D eigenvalue weighted by Crippen LogP contribution is -2.29. The van der Waals surface area contributed by atoms with Crippen molar-refractivity contribution < 1.29 is 9.59 Å². The summed E-state index contributed by atoms with van der Waals surface area (Å²) in [4.78, 5) is 31.2. The summed E-state index contributed by atoms with van der Waals surface area (Å²) in [6.45, 7) is 8.10. The van der Waals surface area contributed by atoms with Crippen molar-refractivity contribution in [1.82, 2.24) is 10.3 Å². The van der Waals surface area contributed by atoms with Crippen LogP contribution in [0.1, 0.15) is 50.7 Å². The molecule has 1 fully saturated rings. The highest BCUT2D eigenvalue weighted by molar-refractivity contribution is 5.94. The average Bonchev–Trinajstić information content (AvgIpc) is 3.04. The fourth-order valence-corrected chi connectivity index (χ4v) is 3.48. The first-order chi connectivity index (χ1) is 14.9. The Labute approximate surface area is 184 Å². The van der Waals surface area contributed by atoms with Crippen molar-refractivity contribution in [2.24, 2.45) is 5.92 Å². The predicted molar refractivity (Wildman–Crippen MR) is 125 cm³/mol. The van der Waals surface area contributed by atoms with Gasteiger partial charge in [-0.05, 0) is 49.1 Å². The fraction of sp³-hybridized carbons (Fsp3) is 0.458. The van der Waals surface area contributed by atoms with Crippen LogP contribution in [0.25, 0.3) is 0 Å². The van der Waals surface area contributed by atoms with E-state index in [1.165, 1.54) is 25.7 Å². The molecule has 0 aliphatic carbocycles. The number of hydrogen-bond donors (Lipinski definition) is 3. The van der Waals surface area contributed by atoms with Crippen LogP contribution in [0.4, 0.5) is 22.0 Å². The second kappa shape index (κ2) is 10.8. The maximum Gasteiger partial charge on any atom is 0.319 e. The molecule has 3 N–H and O–H groups in total. The predicted octanol–water partition coefficient (Wildman–Crippen LogP) is 4.69. The van der Waals surface area contributed by atoms with Crippen LogP contribution in [0.5, 0.6) is 0 Å². The van der Waals surface area contributed by atoms with E-state index < -0.39 is 0 Å². The minimum absolute atomic E-state index is 0.0598. The highest BCUT2D eigenvalue weighted by Crippen LogP contribution is 2.21. The number of nitrogens with zero attached hydrogens (tertiary/aromatic N) is 2. The van der Waals surface area contributed by atoms with Crippen molar-refractivity contribution in [3.05, 3.63) is 47.7 Å². The van der Waals surface area contributed by atoms with E-state index in [0.29, 0.717) is 17.9 Å². The van der Waals surface area contributed by atoms with Crippen LogP contribution in [0, 0.1) is 12.8 Å². The smallest absolute Gasteiger partial charge is 0.319 e. The van der Waals surface area contributed by atoms with Gasteiger partial charge >= 0.3 is 6.03 Å². The number of anilines is 3. The monoisotopic (exact) mass is 423 g/mol. The number of carbonyl (C=O) groups is 2. The van der Waals surface area contributed by atoms with E-state index in [1.54, 1.807) is 6.07 Å². The van der Waals surface area contributed by atoms with Gasteiger partial charge in [-0.15, -0.1) is 0 Å². The van der Waals surface area contributed by atoms with E-state index >= 15 is 0 Å². The number of pyridine rings is 1. The van der Waals surface area contributed by atoms with Gasteiger partial charge in [0.05, 0.1) is 0 Å². The van der Waals surface area contributed by atoms with Gasteiger partial charge in [0, 0.05) is 43.1 Å². The van der Waals surface area contributed by atoms with Crippen molar-refractivity contribution in [2.45, 2.75) is 53.0 Å². The van der Waals surface area contributed by atoms with Crippen LogP contribution in [0.15, 0.2) is 36.5 Å². The average molecular weight is 424 g/mol. The SMILES string of the molecule is Cc1ccc(NC(=O)C(C)C)cc1NC(=O)NCc1ccc(N2CCCCCC2)nc1. The molecule has 0 bridgehead atoms. The molecule has 1 aliphatic rings. The second-order valence-electron chi connectivity index (χ2n) is 8.41. The first kappa shape index (κ1) is 22.6. The quantitative estimate of drug-likeness (QED) is 0.629. The van der Waals surface area contributed by atoms with E-state index in [-0.39, 0.29) is 17.9 Å². The number of urea groups is 1. The fourth-order valence-electron chi connectivity index (χ4n) is 3.48. The molecule has 31 heavy (non-hydrogen) atoms. The van der Waals surface area contributed by atoms with Crippen molar-refractivity contribution >= 4 is 29.1 Å². The summed E-state index contributed by atoms with van der Waals surface area (Å²) in [7, 11) is 0. The Morgan fingerprint density at radius 2 is 1.77 bits per heavy atom. The Hall–Kier alpha value is -3.09. The second-order valence-corrected chi connectivity index (χ2v) is 8.41. The van der Waals surface area contributed by atoms with E-state index in [2.05, 4.69) is 25.8 Å². The molecule has 7 nitrogen and oxygen atoms in total. The summed E-state index contributed by atoms with van der Waals surface area (Å²) < 4.78 is 0. The number of hydrogen-bond acceptors (Lipinski definition) is 4. The van der Waals surface area contributed by atoms with Crippen LogP contribution in [0.3, 0.4) is 0 Å². The molecule has 1 aromatic heterocycles. The largest absolute Gasteiger partial charge is 0.357 e. The van der Waals surface area contributed by atoms with Crippen LogP contribution in [0.2, 0.25) is 0 Å². The van der Waals surface area contributed by atoms with Gasteiger partial charge in [0.25, 0.3) is 0 Å². The molecular formula is C24H33N5O2. The number of aryl methyl sites for hydroxylation is 1.